The standard InChI is InChI=1S/C20H21ClN4O2/c1-14(2)19-17(13-24-25(19)18-5-3-4-10-22-18)20(26)23-11-12-27-16-8-6-15(21)7-9-16/h3-10,13-14H,11-12H2,1-2H3,(H,23,26). The minimum atomic E-state index is -0.180. The average molecular weight is 385 g/mol. The van der Waals surface area contributed by atoms with Crippen molar-refractivity contribution in [1.82, 2.24) is 20.1 Å². The number of pyridine rings is 1. The van der Waals surface area contributed by atoms with Gasteiger partial charge in [-0.05, 0) is 42.3 Å². The fraction of sp³-hybridized carbons (Fsp3) is 0.250. The summed E-state index contributed by atoms with van der Waals surface area (Å²) < 4.78 is 7.31. The summed E-state index contributed by atoms with van der Waals surface area (Å²) in [4.78, 5) is 16.9. The molecule has 27 heavy (non-hydrogen) atoms. The first-order chi connectivity index (χ1) is 13.1. The molecule has 0 bridgehead atoms. The summed E-state index contributed by atoms with van der Waals surface area (Å²) in [5.41, 5.74) is 1.37. The summed E-state index contributed by atoms with van der Waals surface area (Å²) in [5.74, 6) is 1.33. The third-order valence-electron chi connectivity index (χ3n) is 3.93. The summed E-state index contributed by atoms with van der Waals surface area (Å²) in [7, 11) is 0. The first kappa shape index (κ1) is 18.9. The van der Waals surface area contributed by atoms with Crippen molar-refractivity contribution >= 4 is 17.5 Å². The number of carbonyl (C=O) groups excluding carboxylic acids is 1. The fourth-order valence-electron chi connectivity index (χ4n) is 2.71. The van der Waals surface area contributed by atoms with Crippen molar-refractivity contribution in [3.63, 3.8) is 0 Å². The van der Waals surface area contributed by atoms with Crippen LogP contribution in [0.1, 0.15) is 35.8 Å². The van der Waals surface area contributed by atoms with Crippen molar-refractivity contribution in [2.24, 2.45) is 0 Å². The molecule has 0 aliphatic rings. The Bertz CT molecular complexity index is 892. The molecule has 0 aliphatic heterocycles. The van der Waals surface area contributed by atoms with Crippen LogP contribution in [0.4, 0.5) is 0 Å². The lowest BCUT2D eigenvalue weighted by Crippen LogP contribution is -2.29. The number of benzene rings is 1. The summed E-state index contributed by atoms with van der Waals surface area (Å²) >= 11 is 5.84. The highest BCUT2D eigenvalue weighted by atomic mass is 35.5. The number of hydrogen-bond acceptors (Lipinski definition) is 4. The molecule has 1 aromatic carbocycles. The maximum Gasteiger partial charge on any atom is 0.254 e. The van der Waals surface area contributed by atoms with E-state index in [0.717, 1.165) is 5.69 Å². The highest BCUT2D eigenvalue weighted by Crippen LogP contribution is 2.22. The minimum absolute atomic E-state index is 0.112. The van der Waals surface area contributed by atoms with Crippen LogP contribution in [-0.4, -0.2) is 33.8 Å². The Morgan fingerprint density at radius 2 is 2.00 bits per heavy atom. The normalized spacial score (nSPS) is 10.8. The zero-order chi connectivity index (χ0) is 19.2. The summed E-state index contributed by atoms with van der Waals surface area (Å²) in [6.45, 7) is 4.79. The van der Waals surface area contributed by atoms with Gasteiger partial charge in [-0.3, -0.25) is 4.79 Å². The van der Waals surface area contributed by atoms with E-state index in [1.807, 2.05) is 32.0 Å². The van der Waals surface area contributed by atoms with Gasteiger partial charge in [0.15, 0.2) is 5.82 Å². The van der Waals surface area contributed by atoms with E-state index in [-0.39, 0.29) is 11.8 Å². The molecular weight excluding hydrogens is 364 g/mol. The SMILES string of the molecule is CC(C)c1c(C(=O)NCCOc2ccc(Cl)cc2)cnn1-c1ccccn1. The summed E-state index contributed by atoms with van der Waals surface area (Å²) in [6.07, 6.45) is 3.29. The summed E-state index contributed by atoms with van der Waals surface area (Å²) in [5, 5.41) is 7.89. The maximum absolute atomic E-state index is 12.6. The molecule has 0 aliphatic carbocycles. The Kier molecular flexibility index (Phi) is 6.08. The number of amides is 1. The third-order valence-corrected chi connectivity index (χ3v) is 4.19. The van der Waals surface area contributed by atoms with Crippen molar-refractivity contribution in [3.8, 4) is 11.6 Å². The quantitative estimate of drug-likeness (QED) is 0.628. The van der Waals surface area contributed by atoms with Crippen LogP contribution in [0.3, 0.4) is 0 Å². The first-order valence-corrected chi connectivity index (χ1v) is 9.10. The lowest BCUT2D eigenvalue weighted by molar-refractivity contribution is 0.0945. The van der Waals surface area contributed by atoms with Gasteiger partial charge in [-0.1, -0.05) is 31.5 Å². The van der Waals surface area contributed by atoms with Crippen molar-refractivity contribution in [2.45, 2.75) is 19.8 Å². The Morgan fingerprint density at radius 3 is 2.67 bits per heavy atom. The van der Waals surface area contributed by atoms with Crippen molar-refractivity contribution in [1.29, 1.82) is 0 Å². The van der Waals surface area contributed by atoms with Crippen molar-refractivity contribution in [3.05, 3.63) is 71.1 Å². The second-order valence-corrected chi connectivity index (χ2v) is 6.69. The van der Waals surface area contributed by atoms with Crippen LogP contribution >= 0.6 is 11.6 Å². The maximum atomic E-state index is 12.6. The lowest BCUT2D eigenvalue weighted by Gasteiger charge is -2.12. The van der Waals surface area contributed by atoms with Crippen molar-refractivity contribution < 1.29 is 9.53 Å². The molecule has 0 radical (unpaired) electrons. The zero-order valence-corrected chi connectivity index (χ0v) is 16.0. The van der Waals surface area contributed by atoms with E-state index < -0.39 is 0 Å². The molecule has 0 fully saturated rings. The minimum Gasteiger partial charge on any atom is -0.492 e. The molecule has 0 saturated carbocycles. The zero-order valence-electron chi connectivity index (χ0n) is 15.2. The molecule has 2 aromatic heterocycles. The second kappa shape index (κ2) is 8.68. The molecule has 7 heteroatoms. The van der Waals surface area contributed by atoms with Gasteiger partial charge in [0.2, 0.25) is 0 Å². The number of nitrogens with zero attached hydrogens (tertiary/aromatic N) is 3. The Labute approximate surface area is 163 Å². The van der Waals surface area contributed by atoms with E-state index in [1.165, 1.54) is 0 Å². The number of ether oxygens (including phenoxy) is 1. The number of rotatable bonds is 7. The fourth-order valence-corrected chi connectivity index (χ4v) is 2.84. The van der Waals surface area contributed by atoms with Gasteiger partial charge in [-0.25, -0.2) is 9.67 Å². The van der Waals surface area contributed by atoms with Crippen LogP contribution in [0.25, 0.3) is 5.82 Å². The lowest BCUT2D eigenvalue weighted by atomic mass is 10.1. The van der Waals surface area contributed by atoms with Crippen LogP contribution in [0, 0.1) is 0 Å². The van der Waals surface area contributed by atoms with Crippen LogP contribution < -0.4 is 10.1 Å². The van der Waals surface area contributed by atoms with Crippen LogP contribution in [0.2, 0.25) is 5.02 Å². The van der Waals surface area contributed by atoms with Crippen LogP contribution in [0.5, 0.6) is 5.75 Å². The molecule has 140 valence electrons. The van der Waals surface area contributed by atoms with Gasteiger partial charge in [-0.2, -0.15) is 5.10 Å². The Morgan fingerprint density at radius 1 is 1.22 bits per heavy atom. The van der Waals surface area contributed by atoms with Gasteiger partial charge in [0, 0.05) is 11.2 Å². The second-order valence-electron chi connectivity index (χ2n) is 6.26. The Balaban J connectivity index is 1.64. The topological polar surface area (TPSA) is 69.0 Å². The number of aromatic nitrogens is 3. The Hall–Kier alpha value is -2.86. The molecule has 3 rings (SSSR count). The van der Waals surface area contributed by atoms with Gasteiger partial charge in [0.05, 0.1) is 24.0 Å². The van der Waals surface area contributed by atoms with Gasteiger partial charge in [0.25, 0.3) is 5.91 Å². The molecule has 3 aromatic rings. The van der Waals surface area contributed by atoms with Gasteiger partial charge in [-0.15, -0.1) is 0 Å². The average Bonchev–Trinajstić information content (AvgIpc) is 3.13. The molecule has 1 amide bonds. The van der Waals surface area contributed by atoms with Crippen molar-refractivity contribution in [2.75, 3.05) is 13.2 Å². The molecule has 6 nitrogen and oxygen atoms in total. The van der Waals surface area contributed by atoms with E-state index in [1.54, 1.807) is 41.3 Å². The van der Waals surface area contributed by atoms with E-state index in [4.69, 9.17) is 16.3 Å². The van der Waals surface area contributed by atoms with Gasteiger partial charge >= 0.3 is 0 Å². The predicted molar refractivity (Wildman–Crippen MR) is 105 cm³/mol. The van der Waals surface area contributed by atoms with E-state index in [0.29, 0.717) is 35.3 Å². The monoisotopic (exact) mass is 384 g/mol. The van der Waals surface area contributed by atoms with E-state index in [9.17, 15) is 4.79 Å². The third kappa shape index (κ3) is 4.65. The first-order valence-electron chi connectivity index (χ1n) is 8.72. The summed E-state index contributed by atoms with van der Waals surface area (Å²) in [6, 6.07) is 12.7. The number of nitrogens with one attached hydrogen (secondary N) is 1. The smallest absolute Gasteiger partial charge is 0.254 e. The largest absolute Gasteiger partial charge is 0.492 e. The molecule has 0 saturated heterocycles. The molecule has 0 unspecified atom stereocenters. The van der Waals surface area contributed by atoms with E-state index in [2.05, 4.69) is 15.4 Å². The number of hydrogen-bond donors (Lipinski definition) is 1. The van der Waals surface area contributed by atoms with Gasteiger partial charge < -0.3 is 10.1 Å². The predicted octanol–water partition coefficient (Wildman–Crippen LogP) is 3.85. The van der Waals surface area contributed by atoms with Crippen LogP contribution in [-0.2, 0) is 0 Å². The molecule has 0 atom stereocenters. The molecule has 1 N–H and O–H groups in total. The molecular formula is C20H21ClN4O2. The molecule has 0 spiro atoms. The highest BCUT2D eigenvalue weighted by molar-refractivity contribution is 6.30. The number of halogens is 1. The van der Waals surface area contributed by atoms with E-state index >= 15 is 0 Å². The van der Waals surface area contributed by atoms with Gasteiger partial charge in [0.1, 0.15) is 12.4 Å². The number of carbonyl (C=O) groups is 1. The highest BCUT2D eigenvalue weighted by Gasteiger charge is 2.21. The molecule has 2 heterocycles. The van der Waals surface area contributed by atoms with Crippen LogP contribution in [0.15, 0.2) is 54.9 Å².